The molecular weight excluding hydrogens is 377 g/mol. The fourth-order valence-electron chi connectivity index (χ4n) is 2.39. The molecule has 2 N–H and O–H groups in total. The number of carbonyl (C=O) groups is 1. The van der Waals surface area contributed by atoms with Gasteiger partial charge in [0.15, 0.2) is 6.04 Å². The van der Waals surface area contributed by atoms with E-state index in [9.17, 15) is 18.0 Å². The van der Waals surface area contributed by atoms with Crippen LogP contribution >= 0.6 is 0 Å². The van der Waals surface area contributed by atoms with Gasteiger partial charge in [0, 0.05) is 25.7 Å². The van der Waals surface area contributed by atoms with Gasteiger partial charge < -0.3 is 0 Å². The van der Waals surface area contributed by atoms with Crippen molar-refractivity contribution in [3.63, 3.8) is 0 Å². The molecule has 11 heteroatoms. The molecule has 2 amide bonds. The summed E-state index contributed by atoms with van der Waals surface area (Å²) in [6.07, 6.45) is 0.498. The number of hydrogen-bond acceptors (Lipinski definition) is 5. The number of nitrogens with zero attached hydrogens (tertiary/aromatic N) is 4. The number of anilines is 2. The predicted octanol–water partition coefficient (Wildman–Crippen LogP) is 3.22. The maximum Gasteiger partial charge on any atom is 0.416 e. The number of rotatable bonds is 5. The second-order valence-corrected chi connectivity index (χ2v) is 5.95. The minimum Gasteiger partial charge on any atom is -0.282 e. The van der Waals surface area contributed by atoms with Gasteiger partial charge in [-0.2, -0.15) is 13.2 Å². The molecule has 0 radical (unpaired) electrons. The zero-order valence-electron chi connectivity index (χ0n) is 14.6. The van der Waals surface area contributed by atoms with Gasteiger partial charge >= 0.3 is 18.1 Å². The molecule has 3 aromatic rings. The van der Waals surface area contributed by atoms with Crippen LogP contribution in [0.25, 0.3) is 0 Å². The summed E-state index contributed by atoms with van der Waals surface area (Å²) >= 11 is 0. The van der Waals surface area contributed by atoms with Gasteiger partial charge in [-0.1, -0.05) is 12.1 Å². The molecule has 0 spiro atoms. The molecule has 146 valence electrons. The second-order valence-electron chi connectivity index (χ2n) is 5.95. The van der Waals surface area contributed by atoms with Gasteiger partial charge in [0.1, 0.15) is 0 Å². The van der Waals surface area contributed by atoms with Crippen LogP contribution in [0.15, 0.2) is 53.4 Å². The minimum absolute atomic E-state index is 0.0905. The summed E-state index contributed by atoms with van der Waals surface area (Å²) in [4.78, 5) is 19.6. The molecule has 2 aromatic heterocycles. The number of halogens is 3. The molecule has 8 nitrogen and oxygen atoms in total. The third-order valence-electron chi connectivity index (χ3n) is 3.77. The SMILES string of the molecule is CC(Cc1ccc(C(F)(F)F)cc1)[n+]1cc(NC(=O)Nc2ncccn2)on1. The van der Waals surface area contributed by atoms with Gasteiger partial charge in [0.05, 0.1) is 5.56 Å². The summed E-state index contributed by atoms with van der Waals surface area (Å²) in [5.74, 6) is 0.218. The Labute approximate surface area is 157 Å². The van der Waals surface area contributed by atoms with Crippen LogP contribution in [0.5, 0.6) is 0 Å². The highest BCUT2D eigenvalue weighted by molar-refractivity contribution is 5.97. The molecule has 3 rings (SSSR count). The van der Waals surface area contributed by atoms with Crippen molar-refractivity contribution < 1.29 is 27.2 Å². The quantitative estimate of drug-likeness (QED) is 0.649. The monoisotopic (exact) mass is 393 g/mol. The van der Waals surface area contributed by atoms with E-state index in [0.29, 0.717) is 12.0 Å². The van der Waals surface area contributed by atoms with Crippen molar-refractivity contribution in [2.24, 2.45) is 0 Å². The summed E-state index contributed by atoms with van der Waals surface area (Å²) in [5, 5.41) is 8.69. The first-order valence-electron chi connectivity index (χ1n) is 8.20. The van der Waals surface area contributed by atoms with Crippen molar-refractivity contribution in [3.8, 4) is 0 Å². The number of urea groups is 1. The van der Waals surface area contributed by atoms with Crippen LogP contribution in [0.4, 0.5) is 29.8 Å². The Morgan fingerprint density at radius 2 is 1.86 bits per heavy atom. The summed E-state index contributed by atoms with van der Waals surface area (Å²) in [6, 6.07) is 5.72. The van der Waals surface area contributed by atoms with E-state index >= 15 is 0 Å². The normalized spacial score (nSPS) is 12.4. The lowest BCUT2D eigenvalue weighted by Gasteiger charge is -2.08. The largest absolute Gasteiger partial charge is 0.416 e. The lowest BCUT2D eigenvalue weighted by Crippen LogP contribution is -2.40. The van der Waals surface area contributed by atoms with Crippen LogP contribution in [0.3, 0.4) is 0 Å². The minimum atomic E-state index is -4.36. The summed E-state index contributed by atoms with van der Waals surface area (Å²) in [7, 11) is 0. The molecule has 0 aliphatic rings. The Morgan fingerprint density at radius 3 is 2.50 bits per heavy atom. The van der Waals surface area contributed by atoms with Gasteiger partial charge in [-0.3, -0.25) is 15.2 Å². The maximum atomic E-state index is 12.6. The summed E-state index contributed by atoms with van der Waals surface area (Å²) in [5.41, 5.74) is 0.0161. The van der Waals surface area contributed by atoms with Crippen molar-refractivity contribution in [2.45, 2.75) is 25.6 Å². The molecule has 1 aromatic carbocycles. The number of nitrogens with one attached hydrogen (secondary N) is 2. The Bertz CT molecular complexity index is 928. The Morgan fingerprint density at radius 1 is 1.18 bits per heavy atom. The van der Waals surface area contributed by atoms with Crippen molar-refractivity contribution >= 4 is 17.9 Å². The van der Waals surface area contributed by atoms with E-state index in [1.165, 1.54) is 35.4 Å². The number of amides is 2. The van der Waals surface area contributed by atoms with Crippen LogP contribution in [0.1, 0.15) is 24.1 Å². The lowest BCUT2D eigenvalue weighted by atomic mass is 10.1. The van der Waals surface area contributed by atoms with Crippen molar-refractivity contribution in [1.29, 1.82) is 0 Å². The predicted molar refractivity (Wildman–Crippen MR) is 91.2 cm³/mol. The number of hydrogen-bond donors (Lipinski definition) is 2. The Balaban J connectivity index is 1.57. The molecule has 0 aliphatic carbocycles. The fraction of sp³-hybridized carbons (Fsp3) is 0.235. The third kappa shape index (κ3) is 5.02. The van der Waals surface area contributed by atoms with E-state index in [2.05, 4.69) is 25.9 Å². The molecule has 0 aliphatic heterocycles. The topological polar surface area (TPSA) is 96.8 Å². The van der Waals surface area contributed by atoms with Crippen molar-refractivity contribution in [3.05, 3.63) is 60.0 Å². The number of alkyl halides is 3. The molecule has 1 atom stereocenters. The first kappa shape index (κ1) is 19.3. The zero-order chi connectivity index (χ0) is 20.1. The highest BCUT2D eigenvalue weighted by atomic mass is 19.4. The first-order valence-corrected chi connectivity index (χ1v) is 8.20. The van der Waals surface area contributed by atoms with Crippen LogP contribution in [0.2, 0.25) is 0 Å². The van der Waals surface area contributed by atoms with E-state index in [1.807, 2.05) is 6.92 Å². The van der Waals surface area contributed by atoms with Crippen LogP contribution < -0.4 is 15.3 Å². The smallest absolute Gasteiger partial charge is 0.282 e. The summed E-state index contributed by atoms with van der Waals surface area (Å²) in [6.45, 7) is 1.82. The van der Waals surface area contributed by atoms with Gasteiger partial charge in [-0.05, 0) is 28.4 Å². The third-order valence-corrected chi connectivity index (χ3v) is 3.77. The van der Waals surface area contributed by atoms with Gasteiger partial charge in [0.25, 0.3) is 6.20 Å². The summed E-state index contributed by atoms with van der Waals surface area (Å²) < 4.78 is 44.4. The Kier molecular flexibility index (Phi) is 5.52. The van der Waals surface area contributed by atoms with E-state index in [4.69, 9.17) is 4.52 Å². The number of carbonyl (C=O) groups excluding carboxylic acids is 1. The van der Waals surface area contributed by atoms with Crippen LogP contribution in [-0.4, -0.2) is 21.3 Å². The number of benzene rings is 1. The second kappa shape index (κ2) is 8.03. The molecule has 28 heavy (non-hydrogen) atoms. The van der Waals surface area contributed by atoms with Gasteiger partial charge in [-0.15, -0.1) is 0 Å². The van der Waals surface area contributed by atoms with E-state index in [0.717, 1.165) is 12.1 Å². The van der Waals surface area contributed by atoms with E-state index < -0.39 is 17.8 Å². The molecular formula is C17H16F3N6O2+. The van der Waals surface area contributed by atoms with Crippen LogP contribution in [0, 0.1) is 0 Å². The average molecular weight is 393 g/mol. The standard InChI is InChI=1S/C17H15F3N6O2/c1-11(9-12-3-5-13(6-4-12)17(18,19)20)26-10-14(28-25-26)23-16(27)24-15-21-7-2-8-22-15/h2-8,10-11H,9H2,1H3,(H-,21,22,23,24,25,27)/p+1. The first-order chi connectivity index (χ1) is 13.3. The maximum absolute atomic E-state index is 12.6. The van der Waals surface area contributed by atoms with Gasteiger partial charge in [0.2, 0.25) is 11.2 Å². The highest BCUT2D eigenvalue weighted by Crippen LogP contribution is 2.29. The average Bonchev–Trinajstić information content (AvgIpc) is 3.10. The molecule has 0 saturated carbocycles. The van der Waals surface area contributed by atoms with E-state index in [1.54, 1.807) is 6.07 Å². The molecule has 0 fully saturated rings. The highest BCUT2D eigenvalue weighted by Gasteiger charge is 2.30. The zero-order valence-corrected chi connectivity index (χ0v) is 14.6. The molecule has 0 bridgehead atoms. The molecule has 1 unspecified atom stereocenters. The lowest BCUT2D eigenvalue weighted by molar-refractivity contribution is -0.782. The van der Waals surface area contributed by atoms with Crippen molar-refractivity contribution in [1.82, 2.24) is 15.2 Å². The fourth-order valence-corrected chi connectivity index (χ4v) is 2.39. The number of aromatic nitrogens is 4. The van der Waals surface area contributed by atoms with E-state index in [-0.39, 0.29) is 17.9 Å². The molecule has 2 heterocycles. The van der Waals surface area contributed by atoms with Crippen LogP contribution in [-0.2, 0) is 12.6 Å². The van der Waals surface area contributed by atoms with Crippen molar-refractivity contribution in [2.75, 3.05) is 10.6 Å². The van der Waals surface area contributed by atoms with Gasteiger partial charge in [-0.25, -0.2) is 14.8 Å². The molecule has 0 saturated heterocycles. The Hall–Kier alpha value is -3.50.